The van der Waals surface area contributed by atoms with Crippen molar-refractivity contribution in [3.63, 3.8) is 0 Å². The molecule has 152 valence electrons. The second-order valence-corrected chi connectivity index (χ2v) is 8.45. The lowest BCUT2D eigenvalue weighted by molar-refractivity contribution is -0.153. The summed E-state index contributed by atoms with van der Waals surface area (Å²) in [6, 6.07) is 14.2. The molecule has 2 aromatic carbocycles. The minimum Gasteiger partial charge on any atom is -0.508 e. The standard InChI is InChI=1S/C22H25N3O3S/c1-29-18-4-2-3-16(11-18)13-24-9-10-25-20(14-24)21(27)23-19(22(25)28)12-15-5-7-17(26)8-6-15/h2-8,11,19-20,26H,9-10,12-14H2,1H3,(H,23,27)/t19-,20+/m0/s1. The third-order valence-electron chi connectivity index (χ3n) is 5.58. The number of fused-ring (bicyclic) bond motifs is 1. The van der Waals surface area contributed by atoms with Gasteiger partial charge in [0.15, 0.2) is 0 Å². The van der Waals surface area contributed by atoms with Gasteiger partial charge in [-0.3, -0.25) is 14.5 Å². The van der Waals surface area contributed by atoms with E-state index < -0.39 is 12.1 Å². The molecule has 0 spiro atoms. The van der Waals surface area contributed by atoms with E-state index in [9.17, 15) is 14.7 Å². The average molecular weight is 412 g/mol. The number of nitrogens with one attached hydrogen (secondary N) is 1. The molecule has 0 bridgehead atoms. The fourth-order valence-corrected chi connectivity index (χ4v) is 4.52. The van der Waals surface area contributed by atoms with Gasteiger partial charge in [0.1, 0.15) is 17.8 Å². The Morgan fingerprint density at radius 2 is 1.90 bits per heavy atom. The molecule has 0 unspecified atom stereocenters. The molecule has 2 fully saturated rings. The lowest BCUT2D eigenvalue weighted by atomic mass is 9.98. The monoisotopic (exact) mass is 411 g/mol. The lowest BCUT2D eigenvalue weighted by Crippen LogP contribution is -2.69. The maximum Gasteiger partial charge on any atom is 0.246 e. The number of carbonyl (C=O) groups excluding carboxylic acids is 2. The Balaban J connectivity index is 1.41. The first-order valence-electron chi connectivity index (χ1n) is 9.77. The summed E-state index contributed by atoms with van der Waals surface area (Å²) in [7, 11) is 0. The van der Waals surface area contributed by atoms with Crippen LogP contribution in [0.1, 0.15) is 11.1 Å². The molecule has 2 aromatic rings. The van der Waals surface area contributed by atoms with Crippen LogP contribution in [-0.2, 0) is 22.6 Å². The quantitative estimate of drug-likeness (QED) is 0.735. The number of aromatic hydroxyl groups is 1. The number of phenols is 1. The smallest absolute Gasteiger partial charge is 0.246 e. The van der Waals surface area contributed by atoms with Crippen molar-refractivity contribution < 1.29 is 14.7 Å². The maximum absolute atomic E-state index is 13.0. The second kappa shape index (κ2) is 8.47. The highest BCUT2D eigenvalue weighted by Gasteiger charge is 2.43. The van der Waals surface area contributed by atoms with Gasteiger partial charge in [-0.25, -0.2) is 0 Å². The molecule has 2 aliphatic heterocycles. The summed E-state index contributed by atoms with van der Waals surface area (Å²) in [4.78, 5) is 30.9. The summed E-state index contributed by atoms with van der Waals surface area (Å²) in [5.74, 6) is 0.0784. The molecule has 7 heteroatoms. The number of hydrogen-bond donors (Lipinski definition) is 2. The van der Waals surface area contributed by atoms with Crippen molar-refractivity contribution in [1.29, 1.82) is 0 Å². The van der Waals surface area contributed by atoms with Crippen molar-refractivity contribution in [2.75, 3.05) is 25.9 Å². The molecule has 29 heavy (non-hydrogen) atoms. The zero-order valence-corrected chi connectivity index (χ0v) is 17.2. The molecule has 6 nitrogen and oxygen atoms in total. The Labute approximate surface area is 174 Å². The SMILES string of the molecule is CSc1cccc(CN2CCN3C(=O)[C@H](Cc4ccc(O)cc4)NC(=O)[C@H]3C2)c1. The number of benzene rings is 2. The van der Waals surface area contributed by atoms with E-state index in [0.29, 0.717) is 19.5 Å². The average Bonchev–Trinajstić information content (AvgIpc) is 2.73. The number of piperazine rings is 2. The highest BCUT2D eigenvalue weighted by Crippen LogP contribution is 2.22. The molecule has 0 aromatic heterocycles. The van der Waals surface area contributed by atoms with Gasteiger partial charge in [-0.15, -0.1) is 11.8 Å². The van der Waals surface area contributed by atoms with Crippen LogP contribution in [0.25, 0.3) is 0 Å². The molecular weight excluding hydrogens is 386 g/mol. The molecule has 4 rings (SSSR count). The van der Waals surface area contributed by atoms with Crippen LogP contribution in [0.2, 0.25) is 0 Å². The second-order valence-electron chi connectivity index (χ2n) is 7.57. The van der Waals surface area contributed by atoms with Gasteiger partial charge in [-0.1, -0.05) is 24.3 Å². The summed E-state index contributed by atoms with van der Waals surface area (Å²) in [5, 5.41) is 12.3. The van der Waals surface area contributed by atoms with Gasteiger partial charge < -0.3 is 15.3 Å². The predicted molar refractivity (Wildman–Crippen MR) is 113 cm³/mol. The Kier molecular flexibility index (Phi) is 5.78. The molecular formula is C22H25N3O3S. The van der Waals surface area contributed by atoms with Crippen LogP contribution in [0.15, 0.2) is 53.4 Å². The summed E-state index contributed by atoms with van der Waals surface area (Å²) in [6.07, 6.45) is 2.49. The first-order valence-corrected chi connectivity index (χ1v) is 11.0. The van der Waals surface area contributed by atoms with E-state index in [1.165, 1.54) is 10.5 Å². The van der Waals surface area contributed by atoms with Crippen molar-refractivity contribution in [1.82, 2.24) is 15.1 Å². The zero-order chi connectivity index (χ0) is 20.4. The third-order valence-corrected chi connectivity index (χ3v) is 6.31. The molecule has 2 N–H and O–H groups in total. The molecule has 2 heterocycles. The zero-order valence-electron chi connectivity index (χ0n) is 16.4. The highest BCUT2D eigenvalue weighted by atomic mass is 32.2. The molecule has 2 atom stereocenters. The van der Waals surface area contributed by atoms with Crippen molar-refractivity contribution in [2.24, 2.45) is 0 Å². The van der Waals surface area contributed by atoms with Crippen LogP contribution in [-0.4, -0.2) is 64.7 Å². The van der Waals surface area contributed by atoms with Crippen LogP contribution >= 0.6 is 11.8 Å². The number of hydrogen-bond acceptors (Lipinski definition) is 5. The van der Waals surface area contributed by atoms with Gasteiger partial charge in [0.25, 0.3) is 0 Å². The first kappa shape index (κ1) is 19.8. The topological polar surface area (TPSA) is 72.9 Å². The van der Waals surface area contributed by atoms with Crippen molar-refractivity contribution in [3.8, 4) is 5.75 Å². The number of thioether (sulfide) groups is 1. The highest BCUT2D eigenvalue weighted by molar-refractivity contribution is 7.98. The summed E-state index contributed by atoms with van der Waals surface area (Å²) in [5.41, 5.74) is 2.13. The largest absolute Gasteiger partial charge is 0.508 e. The van der Waals surface area contributed by atoms with E-state index in [2.05, 4.69) is 40.7 Å². The Hall–Kier alpha value is -2.51. The van der Waals surface area contributed by atoms with Gasteiger partial charge in [0.05, 0.1) is 0 Å². The Morgan fingerprint density at radius 1 is 1.10 bits per heavy atom. The lowest BCUT2D eigenvalue weighted by Gasteiger charge is -2.45. The van der Waals surface area contributed by atoms with E-state index in [1.54, 1.807) is 40.9 Å². The third kappa shape index (κ3) is 4.41. The first-order chi connectivity index (χ1) is 14.0. The predicted octanol–water partition coefficient (Wildman–Crippen LogP) is 1.87. The number of phenolic OH excluding ortho intramolecular Hbond substituents is 1. The van der Waals surface area contributed by atoms with E-state index >= 15 is 0 Å². The van der Waals surface area contributed by atoms with Crippen LogP contribution in [0, 0.1) is 0 Å². The van der Waals surface area contributed by atoms with E-state index in [0.717, 1.165) is 18.7 Å². The van der Waals surface area contributed by atoms with E-state index in [4.69, 9.17) is 0 Å². The number of carbonyl (C=O) groups is 2. The molecule has 0 saturated carbocycles. The van der Waals surface area contributed by atoms with Gasteiger partial charge in [0, 0.05) is 37.5 Å². The fourth-order valence-electron chi connectivity index (χ4n) is 4.04. The van der Waals surface area contributed by atoms with Gasteiger partial charge in [-0.2, -0.15) is 0 Å². The van der Waals surface area contributed by atoms with Gasteiger partial charge in [0.2, 0.25) is 11.8 Å². The van der Waals surface area contributed by atoms with Gasteiger partial charge >= 0.3 is 0 Å². The van der Waals surface area contributed by atoms with Crippen LogP contribution in [0.4, 0.5) is 0 Å². The Bertz CT molecular complexity index is 902. The number of rotatable bonds is 5. The fraction of sp³-hybridized carbons (Fsp3) is 0.364. The van der Waals surface area contributed by atoms with Gasteiger partial charge in [-0.05, 0) is 41.6 Å². The molecule has 0 aliphatic carbocycles. The minimum absolute atomic E-state index is 0.0216. The van der Waals surface area contributed by atoms with Crippen LogP contribution in [0.5, 0.6) is 5.75 Å². The van der Waals surface area contributed by atoms with E-state index in [1.807, 2.05) is 0 Å². The maximum atomic E-state index is 13.0. The van der Waals surface area contributed by atoms with Crippen molar-refractivity contribution in [2.45, 2.75) is 29.9 Å². The molecule has 2 aliphatic rings. The Morgan fingerprint density at radius 3 is 2.66 bits per heavy atom. The van der Waals surface area contributed by atoms with Crippen molar-refractivity contribution in [3.05, 3.63) is 59.7 Å². The van der Waals surface area contributed by atoms with Crippen LogP contribution < -0.4 is 5.32 Å². The summed E-state index contributed by atoms with van der Waals surface area (Å²) < 4.78 is 0. The minimum atomic E-state index is -0.548. The number of amides is 2. The summed E-state index contributed by atoms with van der Waals surface area (Å²) >= 11 is 1.72. The van der Waals surface area contributed by atoms with Crippen molar-refractivity contribution >= 4 is 23.6 Å². The molecule has 0 radical (unpaired) electrons. The normalized spacial score (nSPS) is 22.3. The van der Waals surface area contributed by atoms with E-state index in [-0.39, 0.29) is 17.6 Å². The number of nitrogens with zero attached hydrogens (tertiary/aromatic N) is 2. The summed E-state index contributed by atoms with van der Waals surface area (Å²) in [6.45, 7) is 2.64. The molecule has 2 saturated heterocycles. The molecule has 2 amide bonds. The van der Waals surface area contributed by atoms with Crippen LogP contribution in [0.3, 0.4) is 0 Å².